The summed E-state index contributed by atoms with van der Waals surface area (Å²) >= 11 is 0. The first kappa shape index (κ1) is 4.39. The predicted octanol–water partition coefficient (Wildman–Crippen LogP) is -1.21. The summed E-state index contributed by atoms with van der Waals surface area (Å²) < 4.78 is 0. The van der Waals surface area contributed by atoms with Crippen LogP contribution in [-0.2, 0) is 0 Å². The van der Waals surface area contributed by atoms with Gasteiger partial charge in [-0.15, -0.1) is 0 Å². The van der Waals surface area contributed by atoms with Crippen LogP contribution in [0, 0.1) is 0 Å². The highest BCUT2D eigenvalue weighted by Gasteiger charge is 1.88. The highest BCUT2D eigenvalue weighted by molar-refractivity contribution is 6.35. The fourth-order valence-corrected chi connectivity index (χ4v) is 0.417. The molecule has 35 valence electrons. The molecular weight excluding hydrogens is 106 g/mol. The second-order valence-electron chi connectivity index (χ2n) is 1.20. The van der Waals surface area contributed by atoms with Gasteiger partial charge in [-0.3, -0.25) is 5.10 Å². The van der Waals surface area contributed by atoms with Crippen LogP contribution in [0.1, 0.15) is 0 Å². The Hall–Kier alpha value is -0.773. The van der Waals surface area contributed by atoms with Gasteiger partial charge in [0.25, 0.3) is 0 Å². The van der Waals surface area contributed by atoms with Crippen LogP contribution in [0.5, 0.6) is 0 Å². The zero-order chi connectivity index (χ0) is 5.28. The monoisotopic (exact) mass is 110 g/mol. The van der Waals surface area contributed by atoms with E-state index in [1.807, 2.05) is 0 Å². The van der Waals surface area contributed by atoms with Crippen molar-refractivity contribution >= 4 is 21.2 Å². The van der Waals surface area contributed by atoms with E-state index in [0.717, 1.165) is 5.19 Å². The molecule has 1 aromatic rings. The summed E-state index contributed by atoms with van der Waals surface area (Å²) in [5.74, 6) is 0.566. The minimum absolute atomic E-state index is 0.566. The van der Waals surface area contributed by atoms with Gasteiger partial charge in [0.05, 0.1) is 10.2 Å². The van der Waals surface area contributed by atoms with E-state index in [9.17, 15) is 0 Å². The summed E-state index contributed by atoms with van der Waals surface area (Å²) in [4.78, 5) is 0. The molecule has 0 atom stereocenters. The minimum atomic E-state index is 0.566. The lowest BCUT2D eigenvalue weighted by Crippen LogP contribution is -2.04. The lowest BCUT2D eigenvalue weighted by Gasteiger charge is -1.79. The van der Waals surface area contributed by atoms with Crippen molar-refractivity contribution in [1.82, 2.24) is 10.2 Å². The molecule has 0 aliphatic rings. The Kier molecular flexibility index (Phi) is 0.865. The summed E-state index contributed by atoms with van der Waals surface area (Å²) in [6.07, 6.45) is 1.60. The quantitative estimate of drug-likeness (QED) is 0.411. The molecule has 1 aromatic heterocycles. The number of nitrogens with zero attached hydrogens (tertiary/aromatic N) is 1. The number of aromatic nitrogens is 2. The van der Waals surface area contributed by atoms with Crippen molar-refractivity contribution in [2.75, 3.05) is 5.73 Å². The van der Waals surface area contributed by atoms with Crippen LogP contribution in [0.15, 0.2) is 6.20 Å². The molecule has 0 fully saturated rings. The zero-order valence-corrected chi connectivity index (χ0v) is 4.60. The number of H-pyrrole nitrogens is 1. The summed E-state index contributed by atoms with van der Waals surface area (Å²) in [5, 5.41) is 6.98. The van der Waals surface area contributed by atoms with Crippen molar-refractivity contribution in [3.63, 3.8) is 0 Å². The lowest BCUT2D eigenvalue weighted by molar-refractivity contribution is 1.10. The Morgan fingerprint density at radius 3 is 2.71 bits per heavy atom. The number of hydrogen-bond donors (Lipinski definition) is 2. The molecule has 7 heavy (non-hydrogen) atoms. The van der Waals surface area contributed by atoms with Crippen LogP contribution >= 0.6 is 0 Å². The number of nitrogens with one attached hydrogen (secondary N) is 1. The van der Waals surface area contributed by atoms with E-state index in [1.54, 1.807) is 6.20 Å². The highest BCUT2D eigenvalue weighted by atomic mass is 28.1. The van der Waals surface area contributed by atoms with Gasteiger partial charge in [-0.1, -0.05) is 0 Å². The van der Waals surface area contributed by atoms with Gasteiger partial charge in [0.1, 0.15) is 5.82 Å². The Morgan fingerprint density at radius 2 is 2.57 bits per heavy atom. The minimum Gasteiger partial charge on any atom is -0.384 e. The van der Waals surface area contributed by atoms with Crippen molar-refractivity contribution in [1.29, 1.82) is 0 Å². The summed E-state index contributed by atoms with van der Waals surface area (Å²) in [5.41, 5.74) is 5.27. The molecule has 3 nitrogen and oxygen atoms in total. The third-order valence-electron chi connectivity index (χ3n) is 0.669. The highest BCUT2D eigenvalue weighted by Crippen LogP contribution is 1.80. The molecule has 0 amide bonds. The van der Waals surface area contributed by atoms with Gasteiger partial charge in [-0.25, -0.2) is 0 Å². The van der Waals surface area contributed by atoms with Crippen molar-refractivity contribution in [2.24, 2.45) is 0 Å². The molecule has 3 radical (unpaired) electrons. The van der Waals surface area contributed by atoms with E-state index in [0.29, 0.717) is 5.82 Å². The normalized spacial score (nSPS) is 9.29. The summed E-state index contributed by atoms with van der Waals surface area (Å²) in [6, 6.07) is 0. The molecule has 0 bridgehead atoms. The van der Waals surface area contributed by atoms with E-state index >= 15 is 0 Å². The smallest absolute Gasteiger partial charge is 0.117 e. The Bertz CT molecular complexity index is 142. The third-order valence-corrected chi connectivity index (χ3v) is 1.07. The molecule has 1 heterocycles. The lowest BCUT2D eigenvalue weighted by atomic mass is 10.7. The van der Waals surface area contributed by atoms with Crippen LogP contribution in [-0.4, -0.2) is 20.4 Å². The number of nitrogens with two attached hydrogens (primary N) is 1. The molecule has 4 heteroatoms. The van der Waals surface area contributed by atoms with Gasteiger partial charge < -0.3 is 5.73 Å². The van der Waals surface area contributed by atoms with Gasteiger partial charge in [0, 0.05) is 6.20 Å². The fourth-order valence-electron chi connectivity index (χ4n) is 0.296. The third kappa shape index (κ3) is 0.639. The standard InChI is InChI=1S/C3H4N3Si/c4-3-2(7)1-5-6-3/h1H,(H3,4,5,6). The average molecular weight is 110 g/mol. The molecular formula is C3H4N3Si. The van der Waals surface area contributed by atoms with Crippen LogP contribution < -0.4 is 10.9 Å². The summed E-state index contributed by atoms with van der Waals surface area (Å²) in [7, 11) is 3.19. The van der Waals surface area contributed by atoms with Gasteiger partial charge in [-0.05, 0) is 5.19 Å². The second kappa shape index (κ2) is 1.38. The van der Waals surface area contributed by atoms with E-state index in [2.05, 4.69) is 20.4 Å². The fraction of sp³-hybridized carbons (Fsp3) is 0. The van der Waals surface area contributed by atoms with Gasteiger partial charge in [0.15, 0.2) is 0 Å². The van der Waals surface area contributed by atoms with Crippen molar-refractivity contribution in [3.05, 3.63) is 6.20 Å². The van der Waals surface area contributed by atoms with Gasteiger partial charge in [0.2, 0.25) is 0 Å². The molecule has 0 saturated carbocycles. The molecule has 3 N–H and O–H groups in total. The molecule has 0 spiro atoms. The first-order valence-corrected chi connectivity index (χ1v) is 2.31. The molecule has 0 saturated heterocycles. The molecule has 0 aliphatic heterocycles. The largest absolute Gasteiger partial charge is 0.384 e. The van der Waals surface area contributed by atoms with Crippen LogP contribution in [0.2, 0.25) is 0 Å². The predicted molar refractivity (Wildman–Crippen MR) is 28.4 cm³/mol. The van der Waals surface area contributed by atoms with E-state index in [-0.39, 0.29) is 0 Å². The number of rotatable bonds is 0. The summed E-state index contributed by atoms with van der Waals surface area (Å²) in [6.45, 7) is 0. The molecule has 1 rings (SSSR count). The first-order valence-electron chi connectivity index (χ1n) is 1.81. The maximum absolute atomic E-state index is 5.27. The van der Waals surface area contributed by atoms with E-state index in [1.165, 1.54) is 0 Å². The molecule has 0 aliphatic carbocycles. The average Bonchev–Trinajstić information content (AvgIpc) is 1.91. The van der Waals surface area contributed by atoms with E-state index < -0.39 is 0 Å². The number of nitrogen functional groups attached to an aromatic ring is 1. The number of anilines is 1. The number of aromatic amines is 1. The van der Waals surface area contributed by atoms with E-state index in [4.69, 9.17) is 5.73 Å². The van der Waals surface area contributed by atoms with Crippen LogP contribution in [0.25, 0.3) is 0 Å². The molecule has 0 aromatic carbocycles. The van der Waals surface area contributed by atoms with Crippen molar-refractivity contribution < 1.29 is 0 Å². The Balaban J connectivity index is 3.12. The van der Waals surface area contributed by atoms with Crippen LogP contribution in [0.3, 0.4) is 0 Å². The van der Waals surface area contributed by atoms with Crippen molar-refractivity contribution in [2.45, 2.75) is 0 Å². The zero-order valence-electron chi connectivity index (χ0n) is 3.60. The number of hydrogen-bond acceptors (Lipinski definition) is 2. The van der Waals surface area contributed by atoms with Crippen molar-refractivity contribution in [3.8, 4) is 0 Å². The Labute approximate surface area is 44.3 Å². The Morgan fingerprint density at radius 1 is 1.86 bits per heavy atom. The SMILES string of the molecule is Nc1[nH]ncc1[Si]. The van der Waals surface area contributed by atoms with Gasteiger partial charge in [-0.2, -0.15) is 5.10 Å². The topological polar surface area (TPSA) is 54.7 Å². The van der Waals surface area contributed by atoms with Crippen LogP contribution in [0.4, 0.5) is 5.82 Å². The second-order valence-corrected chi connectivity index (χ2v) is 1.74. The first-order chi connectivity index (χ1) is 3.30. The van der Waals surface area contributed by atoms with Gasteiger partial charge >= 0.3 is 0 Å². The maximum Gasteiger partial charge on any atom is 0.117 e. The maximum atomic E-state index is 5.27. The molecule has 0 unspecified atom stereocenters.